The van der Waals surface area contributed by atoms with Crippen LogP contribution in [0, 0.1) is 11.7 Å². The zero-order chi connectivity index (χ0) is 22.4. The van der Waals surface area contributed by atoms with Gasteiger partial charge in [0.1, 0.15) is 17.3 Å². The van der Waals surface area contributed by atoms with Gasteiger partial charge in [0.15, 0.2) is 0 Å². The van der Waals surface area contributed by atoms with Crippen LogP contribution < -0.4 is 14.8 Å². The van der Waals surface area contributed by atoms with Crippen LogP contribution in [0.2, 0.25) is 0 Å². The zero-order valence-corrected chi connectivity index (χ0v) is 18.2. The Labute approximate surface area is 182 Å². The fraction of sp³-hybridized carbons (Fsp3) is 0.417. The number of methoxy groups -OCH3 is 2. The lowest BCUT2D eigenvalue weighted by Gasteiger charge is -2.21. The number of carbonyl (C=O) groups is 2. The molecular formula is C24H29FN2O4. The Morgan fingerprint density at radius 2 is 1.90 bits per heavy atom. The second-order valence-corrected chi connectivity index (χ2v) is 7.66. The molecule has 0 spiro atoms. The van der Waals surface area contributed by atoms with Crippen LogP contribution in [0.15, 0.2) is 42.5 Å². The molecule has 0 unspecified atom stereocenters. The summed E-state index contributed by atoms with van der Waals surface area (Å²) in [4.78, 5) is 27.6. The minimum absolute atomic E-state index is 0.00546. The number of ether oxygens (including phenoxy) is 2. The molecule has 2 aromatic rings. The molecule has 0 radical (unpaired) electrons. The fourth-order valence-corrected chi connectivity index (χ4v) is 4.00. The molecule has 1 heterocycles. The molecular weight excluding hydrogens is 399 g/mol. The SMILES string of the molecule is CCCCNC(=O)[C@H]1CN(C(=O)c2ccccc2F)C[C@H]1c1cc(OC)ccc1OC. The number of halogens is 1. The molecule has 1 N–H and O–H groups in total. The lowest BCUT2D eigenvalue weighted by Crippen LogP contribution is -2.36. The molecule has 0 aliphatic carbocycles. The second-order valence-electron chi connectivity index (χ2n) is 7.66. The summed E-state index contributed by atoms with van der Waals surface area (Å²) in [5, 5.41) is 2.98. The van der Waals surface area contributed by atoms with Gasteiger partial charge < -0.3 is 19.7 Å². The standard InChI is InChI=1S/C24H29FN2O4/c1-4-5-12-26-23(28)20-15-27(24(29)17-8-6-7-9-21(17)25)14-19(20)18-13-16(30-2)10-11-22(18)31-3/h6-11,13,19-20H,4-5,12,14-15H2,1-3H3,(H,26,28)/t19-,20-/m0/s1. The first-order valence-electron chi connectivity index (χ1n) is 10.5. The van der Waals surface area contributed by atoms with Crippen molar-refractivity contribution in [3.63, 3.8) is 0 Å². The average Bonchev–Trinajstić information content (AvgIpc) is 3.24. The van der Waals surface area contributed by atoms with E-state index in [4.69, 9.17) is 9.47 Å². The maximum Gasteiger partial charge on any atom is 0.256 e. The van der Waals surface area contributed by atoms with Crippen molar-refractivity contribution in [2.75, 3.05) is 33.9 Å². The summed E-state index contributed by atoms with van der Waals surface area (Å²) in [5.41, 5.74) is 0.798. The van der Waals surface area contributed by atoms with Gasteiger partial charge in [-0.05, 0) is 36.8 Å². The van der Waals surface area contributed by atoms with Gasteiger partial charge in [0, 0.05) is 31.1 Å². The predicted octanol–water partition coefficient (Wildman–Crippen LogP) is 3.62. The third kappa shape index (κ3) is 4.98. The van der Waals surface area contributed by atoms with Crippen LogP contribution in [-0.2, 0) is 4.79 Å². The van der Waals surface area contributed by atoms with E-state index in [0.717, 1.165) is 18.4 Å². The monoisotopic (exact) mass is 428 g/mol. The van der Waals surface area contributed by atoms with Gasteiger partial charge in [-0.15, -0.1) is 0 Å². The molecule has 7 heteroatoms. The third-order valence-corrected chi connectivity index (χ3v) is 5.71. The van der Waals surface area contributed by atoms with E-state index < -0.39 is 17.6 Å². The molecule has 0 saturated carbocycles. The highest BCUT2D eigenvalue weighted by molar-refractivity contribution is 5.95. The summed E-state index contributed by atoms with van der Waals surface area (Å²) in [5.74, 6) is -0.631. The molecule has 1 fully saturated rings. The average molecular weight is 429 g/mol. The number of hydrogen-bond acceptors (Lipinski definition) is 4. The first kappa shape index (κ1) is 22.6. The first-order valence-corrected chi connectivity index (χ1v) is 10.5. The number of rotatable bonds is 8. The molecule has 1 aliphatic rings. The summed E-state index contributed by atoms with van der Waals surface area (Å²) in [6, 6.07) is 11.3. The number of amides is 2. The lowest BCUT2D eigenvalue weighted by molar-refractivity contribution is -0.124. The van der Waals surface area contributed by atoms with Crippen molar-refractivity contribution in [3.8, 4) is 11.5 Å². The largest absolute Gasteiger partial charge is 0.497 e. The molecule has 2 amide bonds. The summed E-state index contributed by atoms with van der Waals surface area (Å²) >= 11 is 0. The van der Waals surface area contributed by atoms with Crippen molar-refractivity contribution in [1.29, 1.82) is 0 Å². The molecule has 0 aromatic heterocycles. The van der Waals surface area contributed by atoms with Crippen molar-refractivity contribution >= 4 is 11.8 Å². The minimum atomic E-state index is -0.571. The number of carbonyl (C=O) groups excluding carboxylic acids is 2. The van der Waals surface area contributed by atoms with E-state index in [0.29, 0.717) is 18.0 Å². The lowest BCUT2D eigenvalue weighted by atomic mass is 9.87. The minimum Gasteiger partial charge on any atom is -0.497 e. The Kier molecular flexibility index (Phi) is 7.50. The fourth-order valence-electron chi connectivity index (χ4n) is 4.00. The number of nitrogens with zero attached hydrogens (tertiary/aromatic N) is 1. The number of benzene rings is 2. The maximum atomic E-state index is 14.2. The topological polar surface area (TPSA) is 67.9 Å². The summed E-state index contributed by atoms with van der Waals surface area (Å²) in [7, 11) is 3.14. The van der Waals surface area contributed by atoms with Crippen LogP contribution in [0.3, 0.4) is 0 Å². The van der Waals surface area contributed by atoms with Gasteiger partial charge in [0.2, 0.25) is 5.91 Å². The normalized spacial score (nSPS) is 18.0. The molecule has 166 valence electrons. The van der Waals surface area contributed by atoms with Crippen molar-refractivity contribution < 1.29 is 23.5 Å². The summed E-state index contributed by atoms with van der Waals surface area (Å²) < 4.78 is 25.1. The van der Waals surface area contributed by atoms with Crippen molar-refractivity contribution in [2.24, 2.45) is 5.92 Å². The third-order valence-electron chi connectivity index (χ3n) is 5.71. The molecule has 31 heavy (non-hydrogen) atoms. The molecule has 1 aliphatic heterocycles. The van der Waals surface area contributed by atoms with E-state index in [1.165, 1.54) is 12.1 Å². The zero-order valence-electron chi connectivity index (χ0n) is 18.2. The Morgan fingerprint density at radius 1 is 1.13 bits per heavy atom. The molecule has 2 atom stereocenters. The smallest absolute Gasteiger partial charge is 0.256 e. The number of unbranched alkanes of at least 4 members (excludes halogenated alkanes) is 1. The molecule has 0 bridgehead atoms. The van der Waals surface area contributed by atoms with Crippen molar-refractivity contribution in [3.05, 3.63) is 59.4 Å². The molecule has 2 aromatic carbocycles. The maximum absolute atomic E-state index is 14.2. The van der Waals surface area contributed by atoms with Gasteiger partial charge in [-0.1, -0.05) is 25.5 Å². The summed E-state index contributed by atoms with van der Waals surface area (Å²) in [6.07, 6.45) is 1.85. The number of nitrogens with one attached hydrogen (secondary N) is 1. The van der Waals surface area contributed by atoms with Gasteiger partial charge in [0.25, 0.3) is 5.91 Å². The van der Waals surface area contributed by atoms with Crippen LogP contribution in [0.25, 0.3) is 0 Å². The van der Waals surface area contributed by atoms with E-state index in [9.17, 15) is 14.0 Å². The Morgan fingerprint density at radius 3 is 2.58 bits per heavy atom. The summed E-state index contributed by atoms with van der Waals surface area (Å²) in [6.45, 7) is 3.12. The predicted molar refractivity (Wildman–Crippen MR) is 116 cm³/mol. The van der Waals surface area contributed by atoms with E-state index >= 15 is 0 Å². The van der Waals surface area contributed by atoms with E-state index in [1.54, 1.807) is 43.4 Å². The highest BCUT2D eigenvalue weighted by atomic mass is 19.1. The van der Waals surface area contributed by atoms with Crippen LogP contribution >= 0.6 is 0 Å². The second kappa shape index (κ2) is 10.3. The van der Waals surface area contributed by atoms with Gasteiger partial charge in [-0.2, -0.15) is 0 Å². The highest BCUT2D eigenvalue weighted by Gasteiger charge is 2.42. The number of hydrogen-bond donors (Lipinski definition) is 1. The van der Waals surface area contributed by atoms with Crippen LogP contribution in [0.1, 0.15) is 41.6 Å². The quantitative estimate of drug-likeness (QED) is 0.652. The molecule has 6 nitrogen and oxygen atoms in total. The van der Waals surface area contributed by atoms with E-state index in [-0.39, 0.29) is 30.5 Å². The Bertz CT molecular complexity index is 934. The Balaban J connectivity index is 1.94. The van der Waals surface area contributed by atoms with Crippen LogP contribution in [0.4, 0.5) is 4.39 Å². The van der Waals surface area contributed by atoms with Crippen LogP contribution in [-0.4, -0.2) is 50.6 Å². The highest BCUT2D eigenvalue weighted by Crippen LogP contribution is 2.40. The molecule has 1 saturated heterocycles. The van der Waals surface area contributed by atoms with Crippen molar-refractivity contribution in [1.82, 2.24) is 10.2 Å². The van der Waals surface area contributed by atoms with E-state index in [1.807, 2.05) is 6.07 Å². The van der Waals surface area contributed by atoms with E-state index in [2.05, 4.69) is 12.2 Å². The van der Waals surface area contributed by atoms with Crippen LogP contribution in [0.5, 0.6) is 11.5 Å². The van der Waals surface area contributed by atoms with Gasteiger partial charge >= 0.3 is 0 Å². The van der Waals surface area contributed by atoms with Gasteiger partial charge in [-0.25, -0.2) is 4.39 Å². The van der Waals surface area contributed by atoms with Gasteiger partial charge in [-0.3, -0.25) is 9.59 Å². The number of likely N-dealkylation sites (tertiary alicyclic amines) is 1. The Hall–Kier alpha value is -3.09. The van der Waals surface area contributed by atoms with Crippen molar-refractivity contribution in [2.45, 2.75) is 25.7 Å². The van der Waals surface area contributed by atoms with Gasteiger partial charge in [0.05, 0.1) is 25.7 Å². The first-order chi connectivity index (χ1) is 15.0. The molecule has 3 rings (SSSR count).